The predicted octanol–water partition coefficient (Wildman–Crippen LogP) is 3.52. The van der Waals surface area contributed by atoms with Crippen LogP contribution in [0.4, 0.5) is 0 Å². The largest absolute Gasteiger partial charge is 0.317 e. The van der Waals surface area contributed by atoms with Crippen LogP contribution in [0.2, 0.25) is 0 Å². The summed E-state index contributed by atoms with van der Waals surface area (Å²) in [6.07, 6.45) is 8.37. The van der Waals surface area contributed by atoms with Gasteiger partial charge in [0.2, 0.25) is 0 Å². The van der Waals surface area contributed by atoms with Crippen molar-refractivity contribution in [3.63, 3.8) is 0 Å². The Morgan fingerprint density at radius 3 is 2.78 bits per heavy atom. The third-order valence-electron chi connectivity index (χ3n) is 4.35. The van der Waals surface area contributed by atoms with Gasteiger partial charge in [-0.05, 0) is 50.7 Å². The Hall–Kier alpha value is -0.0800. The molecule has 2 nitrogen and oxygen atoms in total. The second kappa shape index (κ2) is 9.80. The molecule has 0 radical (unpaired) electrons. The molecule has 2 heteroatoms. The number of piperidine rings is 1. The summed E-state index contributed by atoms with van der Waals surface area (Å²) in [6, 6.07) is 0. The molecule has 18 heavy (non-hydrogen) atoms. The maximum absolute atomic E-state index is 3.51. The second-order valence-electron chi connectivity index (χ2n) is 5.99. The van der Waals surface area contributed by atoms with Gasteiger partial charge in [-0.1, -0.05) is 40.0 Å². The molecule has 0 bridgehead atoms. The van der Waals surface area contributed by atoms with Crippen molar-refractivity contribution in [3.05, 3.63) is 0 Å². The van der Waals surface area contributed by atoms with E-state index in [1.807, 2.05) is 0 Å². The first kappa shape index (κ1) is 16.0. The summed E-state index contributed by atoms with van der Waals surface area (Å²) in [5.74, 6) is 1.82. The third-order valence-corrected chi connectivity index (χ3v) is 4.35. The van der Waals surface area contributed by atoms with Crippen LogP contribution < -0.4 is 5.32 Å². The Balaban J connectivity index is 2.26. The first-order chi connectivity index (χ1) is 8.80. The molecule has 0 aliphatic carbocycles. The highest BCUT2D eigenvalue weighted by molar-refractivity contribution is 4.76. The Morgan fingerprint density at radius 1 is 1.28 bits per heavy atom. The summed E-state index contributed by atoms with van der Waals surface area (Å²) in [4.78, 5) is 2.73. The number of unbranched alkanes of at least 4 members (excludes halogenated alkanes) is 1. The van der Waals surface area contributed by atoms with Crippen LogP contribution in [0.5, 0.6) is 0 Å². The second-order valence-corrected chi connectivity index (χ2v) is 5.99. The zero-order valence-electron chi connectivity index (χ0n) is 12.9. The molecule has 0 aromatic heterocycles. The number of hydrogen-bond acceptors (Lipinski definition) is 2. The van der Waals surface area contributed by atoms with Crippen molar-refractivity contribution in [3.8, 4) is 0 Å². The van der Waals surface area contributed by atoms with Gasteiger partial charge in [-0.3, -0.25) is 0 Å². The highest BCUT2D eigenvalue weighted by atomic mass is 15.1. The highest BCUT2D eigenvalue weighted by Gasteiger charge is 2.21. The maximum Gasteiger partial charge on any atom is 0.00219 e. The predicted molar refractivity (Wildman–Crippen MR) is 81.0 cm³/mol. The Bertz CT molecular complexity index is 194. The molecule has 1 rings (SSSR count). The Morgan fingerprint density at radius 2 is 2.11 bits per heavy atom. The van der Waals surface area contributed by atoms with Crippen LogP contribution in [0.15, 0.2) is 0 Å². The van der Waals surface area contributed by atoms with E-state index in [2.05, 4.69) is 31.0 Å². The fraction of sp³-hybridized carbons (Fsp3) is 1.00. The average Bonchev–Trinajstić information content (AvgIpc) is 2.41. The molecule has 1 fully saturated rings. The average molecular weight is 254 g/mol. The van der Waals surface area contributed by atoms with E-state index < -0.39 is 0 Å². The number of nitrogens with zero attached hydrogens (tertiary/aromatic N) is 1. The molecule has 0 amide bonds. The van der Waals surface area contributed by atoms with Crippen LogP contribution in [0.25, 0.3) is 0 Å². The summed E-state index contributed by atoms with van der Waals surface area (Å²) in [5, 5.41) is 3.51. The lowest BCUT2D eigenvalue weighted by Gasteiger charge is -2.35. The van der Waals surface area contributed by atoms with Crippen molar-refractivity contribution < 1.29 is 0 Å². The monoisotopic (exact) mass is 254 g/mol. The molecular weight excluding hydrogens is 220 g/mol. The molecule has 2 atom stereocenters. The standard InChI is InChI=1S/C16H34N2/c1-4-7-9-15(5-2)13-18-11-8-10-16(14-18)12-17-6-3/h15-17H,4-14H2,1-3H3. The molecule has 1 aliphatic heterocycles. The van der Waals surface area contributed by atoms with Crippen molar-refractivity contribution in [1.82, 2.24) is 10.2 Å². The molecule has 1 aliphatic rings. The minimum absolute atomic E-state index is 0.891. The molecule has 0 spiro atoms. The van der Waals surface area contributed by atoms with Gasteiger partial charge in [0.05, 0.1) is 0 Å². The van der Waals surface area contributed by atoms with Gasteiger partial charge in [0.25, 0.3) is 0 Å². The van der Waals surface area contributed by atoms with E-state index in [9.17, 15) is 0 Å². The summed E-state index contributed by atoms with van der Waals surface area (Å²) >= 11 is 0. The van der Waals surface area contributed by atoms with Crippen molar-refractivity contribution in [2.75, 3.05) is 32.7 Å². The number of likely N-dealkylation sites (tertiary alicyclic amines) is 1. The van der Waals surface area contributed by atoms with E-state index in [1.165, 1.54) is 64.7 Å². The lowest BCUT2D eigenvalue weighted by atomic mass is 9.94. The molecule has 0 aromatic carbocycles. The van der Waals surface area contributed by atoms with Gasteiger partial charge < -0.3 is 10.2 Å². The van der Waals surface area contributed by atoms with Gasteiger partial charge in [-0.2, -0.15) is 0 Å². The van der Waals surface area contributed by atoms with Crippen LogP contribution in [-0.4, -0.2) is 37.6 Å². The van der Waals surface area contributed by atoms with E-state index in [0.29, 0.717) is 0 Å². The smallest absolute Gasteiger partial charge is 0.00219 e. The van der Waals surface area contributed by atoms with Gasteiger partial charge in [0.1, 0.15) is 0 Å². The van der Waals surface area contributed by atoms with Crippen LogP contribution >= 0.6 is 0 Å². The number of hydrogen-bond donors (Lipinski definition) is 1. The van der Waals surface area contributed by atoms with E-state index in [-0.39, 0.29) is 0 Å². The summed E-state index contributed by atoms with van der Waals surface area (Å²) in [5.41, 5.74) is 0. The molecular formula is C16H34N2. The normalized spacial score (nSPS) is 23.2. The number of rotatable bonds is 9. The topological polar surface area (TPSA) is 15.3 Å². The van der Waals surface area contributed by atoms with Crippen molar-refractivity contribution >= 4 is 0 Å². The molecule has 108 valence electrons. The minimum Gasteiger partial charge on any atom is -0.317 e. The van der Waals surface area contributed by atoms with Crippen LogP contribution in [0.3, 0.4) is 0 Å². The Kier molecular flexibility index (Phi) is 8.70. The highest BCUT2D eigenvalue weighted by Crippen LogP contribution is 2.20. The maximum atomic E-state index is 3.51. The van der Waals surface area contributed by atoms with Gasteiger partial charge in [0, 0.05) is 13.1 Å². The van der Waals surface area contributed by atoms with Crippen LogP contribution in [0.1, 0.15) is 59.3 Å². The van der Waals surface area contributed by atoms with Gasteiger partial charge in [-0.15, -0.1) is 0 Å². The van der Waals surface area contributed by atoms with Gasteiger partial charge in [0.15, 0.2) is 0 Å². The van der Waals surface area contributed by atoms with E-state index in [4.69, 9.17) is 0 Å². The minimum atomic E-state index is 0.891. The van der Waals surface area contributed by atoms with Crippen molar-refractivity contribution in [2.24, 2.45) is 11.8 Å². The first-order valence-corrected chi connectivity index (χ1v) is 8.23. The molecule has 2 unspecified atom stereocenters. The van der Waals surface area contributed by atoms with Crippen molar-refractivity contribution in [1.29, 1.82) is 0 Å². The summed E-state index contributed by atoms with van der Waals surface area (Å²) in [7, 11) is 0. The number of nitrogens with one attached hydrogen (secondary N) is 1. The van der Waals surface area contributed by atoms with Gasteiger partial charge >= 0.3 is 0 Å². The molecule has 1 saturated heterocycles. The fourth-order valence-electron chi connectivity index (χ4n) is 3.11. The Labute approximate surface area is 115 Å². The van der Waals surface area contributed by atoms with Gasteiger partial charge in [-0.25, -0.2) is 0 Å². The zero-order chi connectivity index (χ0) is 13.2. The van der Waals surface area contributed by atoms with Crippen LogP contribution in [-0.2, 0) is 0 Å². The molecule has 0 saturated carbocycles. The van der Waals surface area contributed by atoms with Crippen LogP contribution in [0, 0.1) is 11.8 Å². The molecule has 1 N–H and O–H groups in total. The van der Waals surface area contributed by atoms with E-state index in [1.54, 1.807) is 0 Å². The SMILES string of the molecule is CCCCC(CC)CN1CCCC(CNCC)C1. The first-order valence-electron chi connectivity index (χ1n) is 8.23. The quantitative estimate of drug-likeness (QED) is 0.677. The zero-order valence-corrected chi connectivity index (χ0v) is 12.9. The lowest BCUT2D eigenvalue weighted by Crippen LogP contribution is -2.41. The lowest BCUT2D eigenvalue weighted by molar-refractivity contribution is 0.145. The van der Waals surface area contributed by atoms with Crippen molar-refractivity contribution in [2.45, 2.75) is 59.3 Å². The molecule has 1 heterocycles. The van der Waals surface area contributed by atoms with E-state index >= 15 is 0 Å². The third kappa shape index (κ3) is 6.19. The van der Waals surface area contributed by atoms with E-state index in [0.717, 1.165) is 18.4 Å². The molecule has 0 aromatic rings. The fourth-order valence-corrected chi connectivity index (χ4v) is 3.11. The summed E-state index contributed by atoms with van der Waals surface area (Å²) < 4.78 is 0. The summed E-state index contributed by atoms with van der Waals surface area (Å²) in [6.45, 7) is 13.2.